The van der Waals surface area contributed by atoms with Gasteiger partial charge in [0.2, 0.25) is 5.91 Å². The smallest absolute Gasteiger partial charge is 0.358 e. The van der Waals surface area contributed by atoms with Crippen LogP contribution in [0.2, 0.25) is 0 Å². The lowest BCUT2D eigenvalue weighted by molar-refractivity contribution is -0.121. The van der Waals surface area contributed by atoms with E-state index in [4.69, 9.17) is 9.63 Å². The van der Waals surface area contributed by atoms with Crippen molar-refractivity contribution in [2.24, 2.45) is 0 Å². The van der Waals surface area contributed by atoms with Gasteiger partial charge in [-0.25, -0.2) is 4.79 Å². The van der Waals surface area contributed by atoms with E-state index in [9.17, 15) is 9.59 Å². The summed E-state index contributed by atoms with van der Waals surface area (Å²) in [7, 11) is 0. The van der Waals surface area contributed by atoms with Gasteiger partial charge in [-0.15, -0.1) is 0 Å². The Morgan fingerprint density at radius 3 is 3.18 bits per heavy atom. The summed E-state index contributed by atoms with van der Waals surface area (Å²) < 4.78 is 4.90. The predicted molar refractivity (Wildman–Crippen MR) is 56.4 cm³/mol. The first-order valence-corrected chi connectivity index (χ1v) is 5.33. The van der Waals surface area contributed by atoms with Gasteiger partial charge in [-0.2, -0.15) is 0 Å². The van der Waals surface area contributed by atoms with Crippen LogP contribution in [0.15, 0.2) is 10.6 Å². The molecule has 7 heteroatoms. The largest absolute Gasteiger partial charge is 0.476 e. The summed E-state index contributed by atoms with van der Waals surface area (Å²) in [5, 5.41) is 14.9. The quantitative estimate of drug-likeness (QED) is 0.751. The van der Waals surface area contributed by atoms with Gasteiger partial charge in [-0.1, -0.05) is 5.16 Å². The molecule has 0 unspecified atom stereocenters. The van der Waals surface area contributed by atoms with Gasteiger partial charge < -0.3 is 14.9 Å². The molecule has 1 aliphatic heterocycles. The van der Waals surface area contributed by atoms with Gasteiger partial charge in [0.1, 0.15) is 0 Å². The molecule has 1 fully saturated rings. The van der Waals surface area contributed by atoms with Crippen LogP contribution >= 0.6 is 0 Å². The topological polar surface area (TPSA) is 95.7 Å². The first kappa shape index (κ1) is 11.6. The lowest BCUT2D eigenvalue weighted by Gasteiger charge is -2.15. The minimum absolute atomic E-state index is 0.0273. The molecule has 0 saturated carbocycles. The molecule has 0 aromatic carbocycles. The Morgan fingerprint density at radius 2 is 2.47 bits per heavy atom. The van der Waals surface area contributed by atoms with E-state index in [1.54, 1.807) is 0 Å². The summed E-state index contributed by atoms with van der Waals surface area (Å²) in [5.41, 5.74) is -0.112. The minimum atomic E-state index is -1.12. The highest BCUT2D eigenvalue weighted by atomic mass is 16.5. The van der Waals surface area contributed by atoms with Crippen LogP contribution in [0.5, 0.6) is 0 Å². The summed E-state index contributed by atoms with van der Waals surface area (Å²) in [6, 6.07) is 1.38. The van der Waals surface area contributed by atoms with Gasteiger partial charge in [-0.3, -0.25) is 9.69 Å². The first-order chi connectivity index (χ1) is 8.15. The van der Waals surface area contributed by atoms with Crippen LogP contribution in [0.1, 0.15) is 22.7 Å². The van der Waals surface area contributed by atoms with Gasteiger partial charge in [0.05, 0.1) is 13.1 Å². The van der Waals surface area contributed by atoms with Crippen LogP contribution in [-0.4, -0.2) is 46.7 Å². The number of carbonyl (C=O) groups is 2. The van der Waals surface area contributed by atoms with Crippen LogP contribution in [0.25, 0.3) is 0 Å². The molecule has 0 radical (unpaired) electrons. The van der Waals surface area contributed by atoms with Crippen molar-refractivity contribution in [2.45, 2.75) is 13.0 Å². The maximum Gasteiger partial charge on any atom is 0.358 e. The van der Waals surface area contributed by atoms with E-state index in [1.165, 1.54) is 6.07 Å². The number of aromatic nitrogens is 1. The molecule has 2 heterocycles. The third kappa shape index (κ3) is 3.04. The molecule has 1 amide bonds. The van der Waals surface area contributed by atoms with Crippen molar-refractivity contribution in [1.82, 2.24) is 15.4 Å². The average Bonchev–Trinajstić information content (AvgIpc) is 2.63. The lowest BCUT2D eigenvalue weighted by atomic mass is 10.3. The number of hydrogen-bond donors (Lipinski definition) is 2. The molecular weight excluding hydrogens is 226 g/mol. The number of amides is 1. The zero-order chi connectivity index (χ0) is 12.3. The average molecular weight is 239 g/mol. The molecule has 0 spiro atoms. The van der Waals surface area contributed by atoms with Crippen LogP contribution in [0.4, 0.5) is 0 Å². The molecule has 1 aromatic rings. The van der Waals surface area contributed by atoms with Crippen LogP contribution in [0, 0.1) is 0 Å². The van der Waals surface area contributed by atoms with Crippen molar-refractivity contribution in [3.05, 3.63) is 17.5 Å². The van der Waals surface area contributed by atoms with Crippen molar-refractivity contribution in [1.29, 1.82) is 0 Å². The highest BCUT2D eigenvalue weighted by Crippen LogP contribution is 2.08. The summed E-state index contributed by atoms with van der Waals surface area (Å²) in [5.74, 6) is -0.689. The van der Waals surface area contributed by atoms with Crippen molar-refractivity contribution >= 4 is 11.9 Å². The van der Waals surface area contributed by atoms with Crippen molar-refractivity contribution < 1.29 is 19.2 Å². The molecule has 2 rings (SSSR count). The summed E-state index contributed by atoms with van der Waals surface area (Å²) in [6.45, 7) is 2.13. The Bertz CT molecular complexity index is 429. The summed E-state index contributed by atoms with van der Waals surface area (Å²) in [6.07, 6.45) is 0.867. The highest BCUT2D eigenvalue weighted by molar-refractivity contribution is 5.85. The number of aromatic carboxylic acids is 1. The van der Waals surface area contributed by atoms with E-state index in [-0.39, 0.29) is 11.6 Å². The Morgan fingerprint density at radius 1 is 1.65 bits per heavy atom. The van der Waals surface area contributed by atoms with Crippen LogP contribution < -0.4 is 5.32 Å². The lowest BCUT2D eigenvalue weighted by Crippen LogP contribution is -2.32. The van der Waals surface area contributed by atoms with E-state index in [0.717, 1.165) is 13.0 Å². The van der Waals surface area contributed by atoms with Crippen molar-refractivity contribution in [2.75, 3.05) is 19.6 Å². The van der Waals surface area contributed by atoms with E-state index in [2.05, 4.69) is 10.5 Å². The van der Waals surface area contributed by atoms with Crippen LogP contribution in [-0.2, 0) is 11.3 Å². The fraction of sp³-hybridized carbons (Fsp3) is 0.500. The maximum atomic E-state index is 11.3. The number of hydrogen-bond acceptors (Lipinski definition) is 5. The zero-order valence-corrected chi connectivity index (χ0v) is 9.18. The minimum Gasteiger partial charge on any atom is -0.476 e. The van der Waals surface area contributed by atoms with Crippen molar-refractivity contribution in [3.63, 3.8) is 0 Å². The molecular formula is C10H13N3O4. The normalized spacial score (nSPS) is 17.5. The number of carboxylic acids is 1. The first-order valence-electron chi connectivity index (χ1n) is 5.33. The highest BCUT2D eigenvalue weighted by Gasteiger charge is 2.18. The van der Waals surface area contributed by atoms with Gasteiger partial charge >= 0.3 is 5.97 Å². The Kier molecular flexibility index (Phi) is 3.38. The second-order valence-electron chi connectivity index (χ2n) is 3.90. The molecule has 0 atom stereocenters. The number of nitrogens with zero attached hydrogens (tertiary/aromatic N) is 2. The molecule has 2 N–H and O–H groups in total. The van der Waals surface area contributed by atoms with Crippen molar-refractivity contribution in [3.8, 4) is 0 Å². The molecule has 1 saturated heterocycles. The third-order valence-corrected chi connectivity index (χ3v) is 2.50. The SMILES string of the molecule is O=C1CN(Cc2cc(C(=O)O)no2)CCCN1. The van der Waals surface area contributed by atoms with Gasteiger partial charge in [0, 0.05) is 19.2 Å². The number of carboxylic acid groups (broad SMARTS) is 1. The second-order valence-corrected chi connectivity index (χ2v) is 3.90. The third-order valence-electron chi connectivity index (χ3n) is 2.50. The standard InChI is InChI=1S/C10H13N3O4/c14-9-6-13(3-1-2-11-9)5-7-4-8(10(15)16)12-17-7/h4H,1-3,5-6H2,(H,11,14)(H,15,16). The maximum absolute atomic E-state index is 11.3. The Labute approximate surface area is 97.4 Å². The predicted octanol–water partition coefficient (Wildman–Crippen LogP) is -0.305. The molecule has 1 aliphatic rings. The monoisotopic (exact) mass is 239 g/mol. The molecule has 1 aromatic heterocycles. The molecule has 92 valence electrons. The Balaban J connectivity index is 1.98. The fourth-order valence-corrected chi connectivity index (χ4v) is 1.71. The molecule has 0 bridgehead atoms. The number of carbonyl (C=O) groups excluding carboxylic acids is 1. The zero-order valence-electron chi connectivity index (χ0n) is 9.18. The van der Waals surface area contributed by atoms with Gasteiger partial charge in [0.15, 0.2) is 11.5 Å². The van der Waals surface area contributed by atoms with E-state index >= 15 is 0 Å². The van der Waals surface area contributed by atoms with E-state index < -0.39 is 5.97 Å². The fourth-order valence-electron chi connectivity index (χ4n) is 1.71. The second kappa shape index (κ2) is 4.96. The summed E-state index contributed by atoms with van der Waals surface area (Å²) >= 11 is 0. The van der Waals surface area contributed by atoms with E-state index in [0.29, 0.717) is 25.4 Å². The van der Waals surface area contributed by atoms with E-state index in [1.807, 2.05) is 4.90 Å². The number of rotatable bonds is 3. The summed E-state index contributed by atoms with van der Waals surface area (Å²) in [4.78, 5) is 23.8. The molecule has 0 aliphatic carbocycles. The molecule has 7 nitrogen and oxygen atoms in total. The number of nitrogens with one attached hydrogen (secondary N) is 1. The van der Waals surface area contributed by atoms with Gasteiger partial charge in [-0.05, 0) is 6.42 Å². The molecule has 17 heavy (non-hydrogen) atoms. The Hall–Kier alpha value is -1.89. The van der Waals surface area contributed by atoms with Crippen LogP contribution in [0.3, 0.4) is 0 Å². The van der Waals surface area contributed by atoms with Gasteiger partial charge in [0.25, 0.3) is 0 Å².